The molecule has 1 N–H and O–H groups in total. The summed E-state index contributed by atoms with van der Waals surface area (Å²) in [5.41, 5.74) is 1.66. The zero-order valence-electron chi connectivity index (χ0n) is 20.8. The van der Waals surface area contributed by atoms with Gasteiger partial charge >= 0.3 is 0 Å². The lowest BCUT2D eigenvalue weighted by atomic mass is 9.44. The van der Waals surface area contributed by atoms with Gasteiger partial charge in [0.25, 0.3) is 0 Å². The van der Waals surface area contributed by atoms with Crippen molar-refractivity contribution in [2.45, 2.75) is 111 Å². The maximum atomic E-state index is 12.8. The summed E-state index contributed by atoms with van der Waals surface area (Å²) in [6, 6.07) is 0. The van der Waals surface area contributed by atoms with E-state index in [0.29, 0.717) is 35.4 Å². The average molecular weight is 427 g/mol. The SMILES string of the molecule is CC(C)CCC[C@@H](C)[C@H]1CC[C@H]2[C@@H]3CC=C4C5(CC5)C(=O)CC[C@]4(C)[C@H]3C[C@H](O)[C@]12C. The normalized spacial score (nSPS) is 46.4. The van der Waals surface area contributed by atoms with Gasteiger partial charge in [-0.2, -0.15) is 0 Å². The Morgan fingerprint density at radius 1 is 1.06 bits per heavy atom. The molecule has 0 aromatic carbocycles. The number of carbonyl (C=O) groups excluding carboxylic acids is 1. The Balaban J connectivity index is 1.40. The number of rotatable bonds is 5. The van der Waals surface area contributed by atoms with Crippen LogP contribution in [-0.4, -0.2) is 17.0 Å². The maximum absolute atomic E-state index is 12.8. The third-order valence-electron chi connectivity index (χ3n) is 11.4. The van der Waals surface area contributed by atoms with E-state index < -0.39 is 0 Å². The number of carbonyl (C=O) groups is 1. The van der Waals surface area contributed by atoms with Gasteiger partial charge in [0.05, 0.1) is 11.5 Å². The van der Waals surface area contributed by atoms with Crippen molar-refractivity contribution in [1.82, 2.24) is 0 Å². The van der Waals surface area contributed by atoms with E-state index in [9.17, 15) is 9.90 Å². The van der Waals surface area contributed by atoms with Crippen LogP contribution in [-0.2, 0) is 4.79 Å². The lowest BCUT2D eigenvalue weighted by Gasteiger charge is -2.60. The predicted molar refractivity (Wildman–Crippen MR) is 126 cm³/mol. The van der Waals surface area contributed by atoms with Crippen LogP contribution in [0.25, 0.3) is 0 Å². The second-order valence-corrected chi connectivity index (χ2v) is 13.3. The summed E-state index contributed by atoms with van der Waals surface area (Å²) in [5.74, 6) is 4.63. The van der Waals surface area contributed by atoms with E-state index in [4.69, 9.17) is 0 Å². The van der Waals surface area contributed by atoms with Gasteiger partial charge in [0, 0.05) is 6.42 Å². The predicted octanol–water partition coefficient (Wildman–Crippen LogP) is 6.96. The highest BCUT2D eigenvalue weighted by molar-refractivity contribution is 5.92. The Bertz CT molecular complexity index is 761. The number of Topliss-reactive ketones (excluding diaryl/α,β-unsaturated/α-hetero) is 1. The molecule has 0 amide bonds. The standard InChI is InChI=1S/C29H46O2/c1-18(2)7-6-8-19(3)21-10-11-22-20-9-12-24-27(4,14-13-25(30)29(24)15-16-29)23(20)17-26(31)28(21,22)5/h12,18-23,26,31H,6-11,13-17H2,1-5H3/t19-,20+,21-,22+,23+,26+,27-,28-/m1/s1. The first-order valence-corrected chi connectivity index (χ1v) is 13.6. The van der Waals surface area contributed by atoms with Crippen molar-refractivity contribution in [2.75, 3.05) is 0 Å². The summed E-state index contributed by atoms with van der Waals surface area (Å²) in [5, 5.41) is 11.7. The molecule has 4 fully saturated rings. The lowest BCUT2D eigenvalue weighted by molar-refractivity contribution is -0.142. The van der Waals surface area contributed by atoms with Crippen LogP contribution in [0, 0.1) is 51.8 Å². The van der Waals surface area contributed by atoms with E-state index in [0.717, 1.165) is 44.4 Å². The Morgan fingerprint density at radius 2 is 1.81 bits per heavy atom. The van der Waals surface area contributed by atoms with Crippen LogP contribution in [0.2, 0.25) is 0 Å². The Morgan fingerprint density at radius 3 is 2.48 bits per heavy atom. The molecule has 5 aliphatic carbocycles. The van der Waals surface area contributed by atoms with Crippen molar-refractivity contribution < 1.29 is 9.90 Å². The number of fused-ring (bicyclic) bond motifs is 6. The molecule has 2 nitrogen and oxygen atoms in total. The van der Waals surface area contributed by atoms with Gasteiger partial charge in [-0.3, -0.25) is 4.79 Å². The summed E-state index contributed by atoms with van der Waals surface area (Å²) in [6.07, 6.45) is 15.0. The van der Waals surface area contributed by atoms with Crippen LogP contribution >= 0.6 is 0 Å². The third kappa shape index (κ3) is 3.09. The summed E-state index contributed by atoms with van der Waals surface area (Å²) in [4.78, 5) is 12.8. The molecule has 0 heterocycles. The summed E-state index contributed by atoms with van der Waals surface area (Å²) < 4.78 is 0. The summed E-state index contributed by atoms with van der Waals surface area (Å²) in [7, 11) is 0. The Kier molecular flexibility index (Phi) is 5.32. The van der Waals surface area contributed by atoms with E-state index in [1.54, 1.807) is 0 Å². The fourth-order valence-electron chi connectivity index (χ4n) is 9.57. The van der Waals surface area contributed by atoms with Crippen molar-refractivity contribution in [3.8, 4) is 0 Å². The number of hydrogen-bond donors (Lipinski definition) is 1. The minimum absolute atomic E-state index is 0.0766. The number of aliphatic hydroxyl groups excluding tert-OH is 1. The Labute approximate surface area is 190 Å². The van der Waals surface area contributed by atoms with Crippen molar-refractivity contribution in [3.05, 3.63) is 11.6 Å². The minimum atomic E-state index is -0.178. The lowest BCUT2D eigenvalue weighted by Crippen LogP contribution is -2.57. The van der Waals surface area contributed by atoms with E-state index in [-0.39, 0.29) is 22.3 Å². The van der Waals surface area contributed by atoms with E-state index in [1.807, 2.05) is 0 Å². The van der Waals surface area contributed by atoms with Crippen LogP contribution in [0.3, 0.4) is 0 Å². The third-order valence-corrected chi connectivity index (χ3v) is 11.4. The number of ketones is 1. The molecule has 0 radical (unpaired) electrons. The molecule has 2 heteroatoms. The highest BCUT2D eigenvalue weighted by Crippen LogP contribution is 2.72. The monoisotopic (exact) mass is 426 g/mol. The molecule has 0 unspecified atom stereocenters. The molecule has 0 aliphatic heterocycles. The largest absolute Gasteiger partial charge is 0.393 e. The fraction of sp³-hybridized carbons (Fsp3) is 0.897. The minimum Gasteiger partial charge on any atom is -0.393 e. The number of hydrogen-bond acceptors (Lipinski definition) is 2. The topological polar surface area (TPSA) is 37.3 Å². The van der Waals surface area contributed by atoms with Gasteiger partial charge in [-0.25, -0.2) is 0 Å². The average Bonchev–Trinajstić information content (AvgIpc) is 3.42. The van der Waals surface area contributed by atoms with Crippen molar-refractivity contribution in [2.24, 2.45) is 51.8 Å². The molecule has 4 saturated carbocycles. The molecule has 0 aromatic heterocycles. The smallest absolute Gasteiger partial charge is 0.143 e. The van der Waals surface area contributed by atoms with Crippen LogP contribution < -0.4 is 0 Å². The molecule has 5 aliphatic rings. The van der Waals surface area contributed by atoms with Crippen LogP contribution in [0.1, 0.15) is 105 Å². The van der Waals surface area contributed by atoms with Crippen molar-refractivity contribution in [3.63, 3.8) is 0 Å². The number of allylic oxidation sites excluding steroid dienone is 2. The Hall–Kier alpha value is -0.630. The maximum Gasteiger partial charge on any atom is 0.143 e. The van der Waals surface area contributed by atoms with Gasteiger partial charge in [0.15, 0.2) is 0 Å². The van der Waals surface area contributed by atoms with Gasteiger partial charge in [-0.1, -0.05) is 65.5 Å². The zero-order chi connectivity index (χ0) is 22.2. The molecular weight excluding hydrogens is 380 g/mol. The molecule has 8 atom stereocenters. The van der Waals surface area contributed by atoms with Crippen molar-refractivity contribution >= 4 is 5.78 Å². The van der Waals surface area contributed by atoms with Gasteiger partial charge in [-0.15, -0.1) is 0 Å². The van der Waals surface area contributed by atoms with Gasteiger partial charge in [-0.05, 0) is 91.3 Å². The highest BCUT2D eigenvalue weighted by Gasteiger charge is 2.67. The first-order chi connectivity index (χ1) is 14.6. The van der Waals surface area contributed by atoms with Gasteiger partial charge in [0.2, 0.25) is 0 Å². The quantitative estimate of drug-likeness (QED) is 0.483. The fourth-order valence-corrected chi connectivity index (χ4v) is 9.57. The first kappa shape index (κ1) is 22.2. The molecule has 5 rings (SSSR count). The molecule has 31 heavy (non-hydrogen) atoms. The zero-order valence-corrected chi connectivity index (χ0v) is 20.8. The molecule has 1 spiro atoms. The first-order valence-electron chi connectivity index (χ1n) is 13.6. The summed E-state index contributed by atoms with van der Waals surface area (Å²) in [6.45, 7) is 12.1. The molecule has 0 saturated heterocycles. The molecule has 174 valence electrons. The van der Waals surface area contributed by atoms with Crippen LogP contribution in [0.5, 0.6) is 0 Å². The molecule has 0 bridgehead atoms. The van der Waals surface area contributed by atoms with E-state index in [1.165, 1.54) is 37.7 Å². The van der Waals surface area contributed by atoms with Crippen LogP contribution in [0.4, 0.5) is 0 Å². The number of aliphatic hydroxyl groups is 1. The van der Waals surface area contributed by atoms with E-state index >= 15 is 0 Å². The molecule has 0 aromatic rings. The van der Waals surface area contributed by atoms with Gasteiger partial charge in [0.1, 0.15) is 5.78 Å². The van der Waals surface area contributed by atoms with Crippen LogP contribution in [0.15, 0.2) is 11.6 Å². The second-order valence-electron chi connectivity index (χ2n) is 13.3. The second kappa shape index (κ2) is 7.44. The highest BCUT2D eigenvalue weighted by atomic mass is 16.3. The van der Waals surface area contributed by atoms with E-state index in [2.05, 4.69) is 40.7 Å². The van der Waals surface area contributed by atoms with Crippen molar-refractivity contribution in [1.29, 1.82) is 0 Å². The molecular formula is C29H46O2. The summed E-state index contributed by atoms with van der Waals surface area (Å²) >= 11 is 0. The van der Waals surface area contributed by atoms with Gasteiger partial charge < -0.3 is 5.11 Å².